The van der Waals surface area contributed by atoms with E-state index < -0.39 is 5.97 Å². The number of esters is 1. The Balaban J connectivity index is 2.31. The van der Waals surface area contributed by atoms with Crippen LogP contribution < -0.4 is 4.74 Å². The van der Waals surface area contributed by atoms with Gasteiger partial charge in [-0.1, -0.05) is 49.2 Å². The van der Waals surface area contributed by atoms with Gasteiger partial charge in [0.1, 0.15) is 5.75 Å². The summed E-state index contributed by atoms with van der Waals surface area (Å²) in [6.07, 6.45) is 0.625. The van der Waals surface area contributed by atoms with E-state index in [1.165, 1.54) is 0 Å². The van der Waals surface area contributed by atoms with Crippen LogP contribution >= 0.6 is 11.6 Å². The third kappa shape index (κ3) is 4.42. The van der Waals surface area contributed by atoms with E-state index in [1.807, 2.05) is 19.1 Å². The van der Waals surface area contributed by atoms with Crippen molar-refractivity contribution in [3.05, 3.63) is 64.2 Å². The standard InChI is InChI=1S/C19H20ClNO2/c1-12(2)10-17(21)15-11-13(3)8-9-18(15)23-19(22)14-6-4-5-7-16(14)20/h4-9,11-12,21H,10H2,1-3H3. The highest BCUT2D eigenvalue weighted by Crippen LogP contribution is 2.25. The van der Waals surface area contributed by atoms with Gasteiger partial charge in [0, 0.05) is 11.3 Å². The lowest BCUT2D eigenvalue weighted by atomic mass is 9.98. The lowest BCUT2D eigenvalue weighted by Gasteiger charge is -2.14. The first-order valence-corrected chi connectivity index (χ1v) is 7.91. The van der Waals surface area contributed by atoms with E-state index in [4.69, 9.17) is 21.7 Å². The fourth-order valence-electron chi connectivity index (χ4n) is 2.27. The van der Waals surface area contributed by atoms with Gasteiger partial charge in [0.15, 0.2) is 0 Å². The first-order valence-electron chi connectivity index (χ1n) is 7.53. The van der Waals surface area contributed by atoms with Crippen LogP contribution in [-0.4, -0.2) is 11.7 Å². The van der Waals surface area contributed by atoms with Crippen molar-refractivity contribution in [1.29, 1.82) is 5.41 Å². The Hall–Kier alpha value is -2.13. The number of hydrogen-bond acceptors (Lipinski definition) is 3. The number of halogens is 1. The van der Waals surface area contributed by atoms with Gasteiger partial charge in [-0.3, -0.25) is 0 Å². The summed E-state index contributed by atoms with van der Waals surface area (Å²) in [5.74, 6) is 0.236. The molecule has 3 nitrogen and oxygen atoms in total. The van der Waals surface area contributed by atoms with Crippen LogP contribution in [-0.2, 0) is 0 Å². The minimum absolute atomic E-state index is 0.316. The summed E-state index contributed by atoms with van der Waals surface area (Å²) in [7, 11) is 0. The summed E-state index contributed by atoms with van der Waals surface area (Å²) in [6.45, 7) is 6.06. The molecule has 0 atom stereocenters. The molecular weight excluding hydrogens is 310 g/mol. The van der Waals surface area contributed by atoms with Crippen LogP contribution in [0.1, 0.15) is 41.8 Å². The maximum Gasteiger partial charge on any atom is 0.345 e. The molecule has 0 radical (unpaired) electrons. The fourth-order valence-corrected chi connectivity index (χ4v) is 2.48. The highest BCUT2D eigenvalue weighted by atomic mass is 35.5. The van der Waals surface area contributed by atoms with E-state index in [-0.39, 0.29) is 0 Å². The summed E-state index contributed by atoms with van der Waals surface area (Å²) in [6, 6.07) is 12.2. The van der Waals surface area contributed by atoms with Crippen molar-refractivity contribution < 1.29 is 9.53 Å². The van der Waals surface area contributed by atoms with Crippen LogP contribution in [0.2, 0.25) is 5.02 Å². The van der Waals surface area contributed by atoms with Crippen molar-refractivity contribution in [2.24, 2.45) is 5.92 Å². The molecule has 0 spiro atoms. The highest BCUT2D eigenvalue weighted by Gasteiger charge is 2.17. The molecule has 0 heterocycles. The van der Waals surface area contributed by atoms with E-state index >= 15 is 0 Å². The van der Waals surface area contributed by atoms with E-state index in [9.17, 15) is 4.79 Å². The predicted octanol–water partition coefficient (Wildman–Crippen LogP) is 5.28. The summed E-state index contributed by atoms with van der Waals surface area (Å²) >= 11 is 6.04. The van der Waals surface area contributed by atoms with E-state index in [1.54, 1.807) is 30.3 Å². The molecule has 120 valence electrons. The highest BCUT2D eigenvalue weighted by molar-refractivity contribution is 6.33. The largest absolute Gasteiger partial charge is 0.422 e. The van der Waals surface area contributed by atoms with E-state index in [0.717, 1.165) is 5.56 Å². The smallest absolute Gasteiger partial charge is 0.345 e. The van der Waals surface area contributed by atoms with Crippen LogP contribution in [0.4, 0.5) is 0 Å². The molecule has 0 bridgehead atoms. The van der Waals surface area contributed by atoms with Gasteiger partial charge >= 0.3 is 5.97 Å². The average molecular weight is 330 g/mol. The quantitative estimate of drug-likeness (QED) is 0.461. The van der Waals surface area contributed by atoms with Crippen LogP contribution in [0.15, 0.2) is 42.5 Å². The van der Waals surface area contributed by atoms with Gasteiger partial charge in [-0.05, 0) is 43.5 Å². The zero-order valence-electron chi connectivity index (χ0n) is 13.5. The molecule has 2 aromatic rings. The van der Waals surface area contributed by atoms with Gasteiger partial charge in [0.2, 0.25) is 0 Å². The number of aryl methyl sites for hydroxylation is 1. The number of carbonyl (C=O) groups is 1. The van der Waals surface area contributed by atoms with Gasteiger partial charge < -0.3 is 10.1 Å². The summed E-state index contributed by atoms with van der Waals surface area (Å²) in [4.78, 5) is 12.3. The minimum atomic E-state index is -0.516. The second-order valence-corrected chi connectivity index (χ2v) is 6.35. The van der Waals surface area contributed by atoms with Gasteiger partial charge in [-0.2, -0.15) is 0 Å². The van der Waals surface area contributed by atoms with Crippen LogP contribution in [0.25, 0.3) is 0 Å². The third-order valence-corrected chi connectivity index (χ3v) is 3.70. The number of ether oxygens (including phenoxy) is 1. The fraction of sp³-hybridized carbons (Fsp3) is 0.263. The number of nitrogens with one attached hydrogen (secondary N) is 1. The van der Waals surface area contributed by atoms with Crippen LogP contribution in [0.3, 0.4) is 0 Å². The lowest BCUT2D eigenvalue weighted by Crippen LogP contribution is -2.13. The number of carbonyl (C=O) groups excluding carboxylic acids is 1. The van der Waals surface area contributed by atoms with Crippen molar-refractivity contribution >= 4 is 23.3 Å². The molecule has 4 heteroatoms. The van der Waals surface area contributed by atoms with Gasteiger partial charge in [-0.15, -0.1) is 0 Å². The molecule has 0 aliphatic carbocycles. The Labute approximate surface area is 141 Å². The summed E-state index contributed by atoms with van der Waals surface area (Å²) in [5, 5.41) is 8.62. The Morgan fingerprint density at radius 1 is 1.17 bits per heavy atom. The van der Waals surface area contributed by atoms with Crippen molar-refractivity contribution in [3.8, 4) is 5.75 Å². The maximum atomic E-state index is 12.3. The zero-order valence-corrected chi connectivity index (χ0v) is 14.3. The second kappa shape index (κ2) is 7.42. The number of hydrogen-bond donors (Lipinski definition) is 1. The zero-order chi connectivity index (χ0) is 17.0. The Kier molecular flexibility index (Phi) is 5.56. The molecule has 0 aliphatic rings. The van der Waals surface area contributed by atoms with Crippen LogP contribution in [0.5, 0.6) is 5.75 Å². The SMILES string of the molecule is Cc1ccc(OC(=O)c2ccccc2Cl)c(C(=N)CC(C)C)c1. The normalized spacial score (nSPS) is 10.7. The summed E-state index contributed by atoms with van der Waals surface area (Å²) in [5.41, 5.74) is 2.45. The van der Waals surface area contributed by atoms with Crippen molar-refractivity contribution in [1.82, 2.24) is 0 Å². The molecule has 0 aliphatic heterocycles. The molecule has 0 aromatic heterocycles. The Bertz CT molecular complexity index is 738. The molecule has 2 rings (SSSR count). The molecule has 0 unspecified atom stereocenters. The molecule has 0 amide bonds. The predicted molar refractivity (Wildman–Crippen MR) is 93.9 cm³/mol. The molecular formula is C19H20ClNO2. The maximum absolute atomic E-state index is 12.3. The van der Waals surface area contributed by atoms with Crippen LogP contribution in [0, 0.1) is 18.3 Å². The van der Waals surface area contributed by atoms with Gasteiger partial charge in [0.25, 0.3) is 0 Å². The molecule has 2 aromatic carbocycles. The molecule has 1 N–H and O–H groups in total. The van der Waals surface area contributed by atoms with Crippen molar-refractivity contribution in [3.63, 3.8) is 0 Å². The monoisotopic (exact) mass is 329 g/mol. The number of rotatable bonds is 5. The van der Waals surface area contributed by atoms with E-state index in [2.05, 4.69) is 13.8 Å². The molecule has 0 saturated heterocycles. The number of benzene rings is 2. The van der Waals surface area contributed by atoms with Crippen molar-refractivity contribution in [2.45, 2.75) is 27.2 Å². The minimum Gasteiger partial charge on any atom is -0.422 e. The first-order chi connectivity index (χ1) is 10.9. The third-order valence-electron chi connectivity index (χ3n) is 3.37. The topological polar surface area (TPSA) is 50.2 Å². The Morgan fingerprint density at radius 2 is 1.87 bits per heavy atom. The summed E-state index contributed by atoms with van der Waals surface area (Å²) < 4.78 is 5.51. The van der Waals surface area contributed by atoms with E-state index in [0.29, 0.717) is 39.9 Å². The Morgan fingerprint density at radius 3 is 2.52 bits per heavy atom. The lowest BCUT2D eigenvalue weighted by molar-refractivity contribution is 0.0734. The molecule has 0 fully saturated rings. The van der Waals surface area contributed by atoms with Gasteiger partial charge in [0.05, 0.1) is 10.6 Å². The van der Waals surface area contributed by atoms with Crippen molar-refractivity contribution in [2.75, 3.05) is 0 Å². The second-order valence-electron chi connectivity index (χ2n) is 5.95. The molecule has 0 saturated carbocycles. The molecule has 23 heavy (non-hydrogen) atoms. The van der Waals surface area contributed by atoms with Gasteiger partial charge in [-0.25, -0.2) is 4.79 Å². The first kappa shape index (κ1) is 17.2. The average Bonchev–Trinajstić information content (AvgIpc) is 2.48.